The fraction of sp³-hybridized carbons (Fsp3) is 0.0833. The first-order valence-electron chi connectivity index (χ1n) is 5.18. The van der Waals surface area contributed by atoms with Crippen LogP contribution < -0.4 is 5.73 Å². The van der Waals surface area contributed by atoms with Crippen LogP contribution in [-0.4, -0.2) is 9.55 Å². The van der Waals surface area contributed by atoms with Gasteiger partial charge in [-0.25, -0.2) is 4.98 Å². The van der Waals surface area contributed by atoms with E-state index >= 15 is 0 Å². The van der Waals surface area contributed by atoms with Gasteiger partial charge in [0.25, 0.3) is 0 Å². The van der Waals surface area contributed by atoms with Gasteiger partial charge in [0, 0.05) is 4.88 Å². The first-order chi connectivity index (χ1) is 8.25. The van der Waals surface area contributed by atoms with Crippen LogP contribution in [0.4, 0.5) is 5.95 Å². The number of thiophene rings is 1. The Morgan fingerprint density at radius 1 is 1.29 bits per heavy atom. The molecule has 2 heterocycles. The second-order valence-electron chi connectivity index (χ2n) is 3.74. The first kappa shape index (κ1) is 10.6. The van der Waals surface area contributed by atoms with E-state index in [2.05, 4.69) is 11.1 Å². The van der Waals surface area contributed by atoms with Gasteiger partial charge in [-0.3, -0.25) is 0 Å². The highest BCUT2D eigenvalue weighted by Crippen LogP contribution is 2.27. The fourth-order valence-electron chi connectivity index (χ4n) is 1.88. The minimum Gasteiger partial charge on any atom is -0.369 e. The van der Waals surface area contributed by atoms with Crippen molar-refractivity contribution in [2.75, 3.05) is 5.73 Å². The SMILES string of the molecule is Nc1nc2cccc(Cl)c2n1Cc1cccs1. The number of benzene rings is 1. The first-order valence-corrected chi connectivity index (χ1v) is 6.44. The van der Waals surface area contributed by atoms with Crippen LogP contribution in [0, 0.1) is 0 Å². The molecule has 1 aromatic carbocycles. The molecule has 0 radical (unpaired) electrons. The third-order valence-electron chi connectivity index (χ3n) is 2.64. The lowest BCUT2D eigenvalue weighted by Crippen LogP contribution is -2.03. The molecule has 3 rings (SSSR count). The zero-order valence-electron chi connectivity index (χ0n) is 8.93. The van der Waals surface area contributed by atoms with Crippen molar-refractivity contribution >= 4 is 39.9 Å². The minimum absolute atomic E-state index is 0.501. The van der Waals surface area contributed by atoms with E-state index in [9.17, 15) is 0 Å². The topological polar surface area (TPSA) is 43.8 Å². The van der Waals surface area contributed by atoms with Crippen LogP contribution in [0.5, 0.6) is 0 Å². The number of imidazole rings is 1. The molecule has 0 unspecified atom stereocenters. The van der Waals surface area contributed by atoms with Gasteiger partial charge < -0.3 is 10.3 Å². The number of aromatic nitrogens is 2. The molecule has 0 bridgehead atoms. The third kappa shape index (κ3) is 1.79. The van der Waals surface area contributed by atoms with Gasteiger partial charge in [0.15, 0.2) is 0 Å². The predicted octanol–water partition coefficient (Wildman–Crippen LogP) is 3.38. The molecule has 2 N–H and O–H groups in total. The molecule has 0 aliphatic carbocycles. The molecule has 0 fully saturated rings. The van der Waals surface area contributed by atoms with Gasteiger partial charge in [-0.1, -0.05) is 23.7 Å². The van der Waals surface area contributed by atoms with Gasteiger partial charge in [0.2, 0.25) is 5.95 Å². The summed E-state index contributed by atoms with van der Waals surface area (Å²) in [4.78, 5) is 5.55. The van der Waals surface area contributed by atoms with Crippen molar-refractivity contribution in [3.8, 4) is 0 Å². The Bertz CT molecular complexity index is 658. The molecule has 3 nitrogen and oxygen atoms in total. The normalized spacial score (nSPS) is 11.1. The number of para-hydroxylation sites is 1. The average molecular weight is 264 g/mol. The van der Waals surface area contributed by atoms with Crippen molar-refractivity contribution in [2.24, 2.45) is 0 Å². The summed E-state index contributed by atoms with van der Waals surface area (Å²) in [7, 11) is 0. The molecule has 0 aliphatic rings. The van der Waals surface area contributed by atoms with E-state index < -0.39 is 0 Å². The van der Waals surface area contributed by atoms with Gasteiger partial charge in [0.1, 0.15) is 0 Å². The zero-order valence-corrected chi connectivity index (χ0v) is 10.5. The molecule has 0 spiro atoms. The minimum atomic E-state index is 0.501. The van der Waals surface area contributed by atoms with Gasteiger partial charge in [-0.2, -0.15) is 0 Å². The third-order valence-corrected chi connectivity index (χ3v) is 3.81. The van der Waals surface area contributed by atoms with Gasteiger partial charge in [-0.05, 0) is 23.6 Å². The second kappa shape index (κ2) is 4.05. The van der Waals surface area contributed by atoms with Crippen LogP contribution in [0.2, 0.25) is 5.02 Å². The molecular formula is C12H10ClN3S. The summed E-state index contributed by atoms with van der Waals surface area (Å²) >= 11 is 7.90. The number of anilines is 1. The molecule has 0 aliphatic heterocycles. The lowest BCUT2D eigenvalue weighted by atomic mass is 10.3. The molecule has 0 saturated carbocycles. The molecule has 3 aromatic rings. The molecule has 0 amide bonds. The van der Waals surface area contributed by atoms with E-state index in [-0.39, 0.29) is 0 Å². The number of halogens is 1. The largest absolute Gasteiger partial charge is 0.369 e. The smallest absolute Gasteiger partial charge is 0.201 e. The van der Waals surface area contributed by atoms with Crippen molar-refractivity contribution in [3.05, 3.63) is 45.6 Å². The van der Waals surface area contributed by atoms with Gasteiger partial charge in [0.05, 0.1) is 22.6 Å². The van der Waals surface area contributed by atoms with Crippen LogP contribution >= 0.6 is 22.9 Å². The Morgan fingerprint density at radius 2 is 2.18 bits per heavy atom. The highest BCUT2D eigenvalue weighted by molar-refractivity contribution is 7.09. The average Bonchev–Trinajstić information content (AvgIpc) is 2.89. The summed E-state index contributed by atoms with van der Waals surface area (Å²) in [6.07, 6.45) is 0. The highest BCUT2D eigenvalue weighted by atomic mass is 35.5. The fourth-order valence-corrected chi connectivity index (χ4v) is 2.84. The number of nitrogens with zero attached hydrogens (tertiary/aromatic N) is 2. The van der Waals surface area contributed by atoms with E-state index in [0.29, 0.717) is 17.5 Å². The van der Waals surface area contributed by atoms with Crippen LogP contribution in [-0.2, 0) is 6.54 Å². The van der Waals surface area contributed by atoms with E-state index in [0.717, 1.165) is 11.0 Å². The van der Waals surface area contributed by atoms with Gasteiger partial charge in [-0.15, -0.1) is 11.3 Å². The van der Waals surface area contributed by atoms with Crippen LogP contribution in [0.25, 0.3) is 11.0 Å². The Morgan fingerprint density at radius 3 is 2.94 bits per heavy atom. The number of hydrogen-bond acceptors (Lipinski definition) is 3. The van der Waals surface area contributed by atoms with E-state index in [1.165, 1.54) is 4.88 Å². The molecule has 86 valence electrons. The van der Waals surface area contributed by atoms with E-state index in [4.69, 9.17) is 17.3 Å². The molecule has 2 aromatic heterocycles. The predicted molar refractivity (Wildman–Crippen MR) is 72.6 cm³/mol. The van der Waals surface area contributed by atoms with Crippen molar-refractivity contribution in [1.29, 1.82) is 0 Å². The summed E-state index contributed by atoms with van der Waals surface area (Å²) in [5, 5.41) is 2.73. The number of hydrogen-bond donors (Lipinski definition) is 1. The zero-order chi connectivity index (χ0) is 11.8. The number of nitrogens with two attached hydrogens (primary N) is 1. The number of fused-ring (bicyclic) bond motifs is 1. The van der Waals surface area contributed by atoms with E-state index in [1.54, 1.807) is 11.3 Å². The summed E-state index contributed by atoms with van der Waals surface area (Å²) in [5.41, 5.74) is 7.68. The van der Waals surface area contributed by atoms with E-state index in [1.807, 2.05) is 34.2 Å². The Labute approximate surface area is 107 Å². The second-order valence-corrected chi connectivity index (χ2v) is 5.18. The maximum atomic E-state index is 6.20. The maximum absolute atomic E-state index is 6.20. The highest BCUT2D eigenvalue weighted by Gasteiger charge is 2.11. The van der Waals surface area contributed by atoms with Crippen molar-refractivity contribution in [3.63, 3.8) is 0 Å². The van der Waals surface area contributed by atoms with Crippen molar-refractivity contribution in [2.45, 2.75) is 6.54 Å². The van der Waals surface area contributed by atoms with Crippen molar-refractivity contribution in [1.82, 2.24) is 9.55 Å². The lowest BCUT2D eigenvalue weighted by molar-refractivity contribution is 0.853. The lowest BCUT2D eigenvalue weighted by Gasteiger charge is -2.05. The molecule has 5 heteroatoms. The number of rotatable bonds is 2. The van der Waals surface area contributed by atoms with Crippen LogP contribution in [0.15, 0.2) is 35.7 Å². The Kier molecular flexibility index (Phi) is 2.53. The summed E-state index contributed by atoms with van der Waals surface area (Å²) in [6, 6.07) is 9.76. The number of nitrogen functional groups attached to an aromatic ring is 1. The summed E-state index contributed by atoms with van der Waals surface area (Å²) in [6.45, 7) is 0.712. The molecule has 0 atom stereocenters. The summed E-state index contributed by atoms with van der Waals surface area (Å²) in [5.74, 6) is 0.501. The van der Waals surface area contributed by atoms with Crippen molar-refractivity contribution < 1.29 is 0 Å². The maximum Gasteiger partial charge on any atom is 0.201 e. The quantitative estimate of drug-likeness (QED) is 0.770. The molecule has 0 saturated heterocycles. The van der Waals surface area contributed by atoms with Gasteiger partial charge >= 0.3 is 0 Å². The Balaban J connectivity index is 2.18. The monoisotopic (exact) mass is 263 g/mol. The van der Waals surface area contributed by atoms with Crippen LogP contribution in [0.1, 0.15) is 4.88 Å². The molecule has 17 heavy (non-hydrogen) atoms. The molecular weight excluding hydrogens is 254 g/mol. The standard InChI is InChI=1S/C12H10ClN3S/c13-9-4-1-5-10-11(9)16(12(14)15-10)7-8-3-2-6-17-8/h1-6H,7H2,(H2,14,15). The summed E-state index contributed by atoms with van der Waals surface area (Å²) < 4.78 is 1.95. The Hall–Kier alpha value is -1.52. The van der Waals surface area contributed by atoms with Crippen LogP contribution in [0.3, 0.4) is 0 Å².